The highest BCUT2D eigenvalue weighted by atomic mass is 32.1. The highest BCUT2D eigenvalue weighted by molar-refractivity contribution is 7.15. The molecule has 1 N–H and O–H groups in total. The summed E-state index contributed by atoms with van der Waals surface area (Å²) in [5, 5.41) is 11.0. The summed E-state index contributed by atoms with van der Waals surface area (Å²) in [6.07, 6.45) is 2.48. The van der Waals surface area contributed by atoms with Crippen molar-refractivity contribution >= 4 is 28.7 Å². The minimum Gasteiger partial charge on any atom is -0.351 e. The van der Waals surface area contributed by atoms with Crippen LogP contribution in [0.4, 0.5) is 0 Å². The van der Waals surface area contributed by atoms with E-state index in [-0.39, 0.29) is 11.7 Å². The van der Waals surface area contributed by atoms with Crippen LogP contribution in [0.25, 0.3) is 5.65 Å². The predicted octanol–water partition coefficient (Wildman–Crippen LogP) is 1.97. The number of ketones is 1. The van der Waals surface area contributed by atoms with Crippen molar-refractivity contribution < 1.29 is 9.59 Å². The second-order valence-corrected chi connectivity index (χ2v) is 5.85. The molecule has 0 unspecified atom stereocenters. The van der Waals surface area contributed by atoms with Gasteiger partial charge in [-0.15, -0.1) is 21.5 Å². The lowest BCUT2D eigenvalue weighted by atomic mass is 10.3. The molecule has 0 aliphatic carbocycles. The summed E-state index contributed by atoms with van der Waals surface area (Å²) in [6.45, 7) is 1.95. The van der Waals surface area contributed by atoms with E-state index in [1.165, 1.54) is 18.3 Å². The van der Waals surface area contributed by atoms with Crippen molar-refractivity contribution in [3.05, 3.63) is 52.1 Å². The minimum atomic E-state index is -0.175. The molecule has 0 aliphatic rings. The van der Waals surface area contributed by atoms with Crippen molar-refractivity contribution in [1.29, 1.82) is 0 Å². The molecule has 0 fully saturated rings. The Morgan fingerprint density at radius 2 is 2.00 bits per heavy atom. The Hall–Kier alpha value is -2.54. The lowest BCUT2D eigenvalue weighted by Crippen LogP contribution is -2.25. The third-order valence-electron chi connectivity index (χ3n) is 3.20. The van der Waals surface area contributed by atoms with Crippen LogP contribution in [0.15, 0.2) is 36.5 Å². The number of nitrogens with one attached hydrogen (secondary N) is 1. The minimum absolute atomic E-state index is 0.0287. The Labute approximate surface area is 130 Å². The summed E-state index contributed by atoms with van der Waals surface area (Å²) >= 11 is 1.20. The fourth-order valence-corrected chi connectivity index (χ4v) is 2.90. The largest absolute Gasteiger partial charge is 0.351 e. The van der Waals surface area contributed by atoms with Crippen LogP contribution < -0.4 is 5.32 Å². The molecule has 3 aromatic heterocycles. The summed E-state index contributed by atoms with van der Waals surface area (Å²) in [7, 11) is 0. The molecule has 1 amide bonds. The Kier molecular flexibility index (Phi) is 3.97. The first kappa shape index (κ1) is 14.4. The van der Waals surface area contributed by atoms with Crippen LogP contribution in [0.3, 0.4) is 0 Å². The Morgan fingerprint density at radius 3 is 2.77 bits per heavy atom. The number of thiophene rings is 1. The number of hydrogen-bond donors (Lipinski definition) is 1. The van der Waals surface area contributed by atoms with Crippen LogP contribution in [-0.4, -0.2) is 32.8 Å². The summed E-state index contributed by atoms with van der Waals surface area (Å²) in [5.41, 5.74) is 0.785. The number of fused-ring (bicyclic) bond motifs is 1. The van der Waals surface area contributed by atoms with E-state index in [2.05, 4.69) is 15.5 Å². The van der Waals surface area contributed by atoms with Gasteiger partial charge >= 0.3 is 0 Å². The van der Waals surface area contributed by atoms with Crippen LogP contribution in [-0.2, 0) is 6.42 Å². The molecule has 3 aromatic rings. The van der Waals surface area contributed by atoms with Crippen LogP contribution in [0.5, 0.6) is 0 Å². The van der Waals surface area contributed by atoms with Crippen molar-refractivity contribution in [3.63, 3.8) is 0 Å². The maximum absolute atomic E-state index is 12.0. The van der Waals surface area contributed by atoms with Crippen molar-refractivity contribution in [2.75, 3.05) is 6.54 Å². The van der Waals surface area contributed by atoms with Gasteiger partial charge < -0.3 is 5.32 Å². The predicted molar refractivity (Wildman–Crippen MR) is 83.3 cm³/mol. The first-order valence-electron chi connectivity index (χ1n) is 6.83. The summed E-state index contributed by atoms with van der Waals surface area (Å²) in [5.74, 6) is 0.594. The van der Waals surface area contributed by atoms with Crippen molar-refractivity contribution in [1.82, 2.24) is 19.9 Å². The normalized spacial score (nSPS) is 10.8. The third kappa shape index (κ3) is 2.89. The lowest BCUT2D eigenvalue weighted by molar-refractivity contribution is 0.0957. The van der Waals surface area contributed by atoms with Crippen molar-refractivity contribution in [2.45, 2.75) is 13.3 Å². The number of carbonyl (C=O) groups is 2. The van der Waals surface area contributed by atoms with Gasteiger partial charge in [-0.3, -0.25) is 14.0 Å². The number of nitrogens with zero attached hydrogens (tertiary/aromatic N) is 3. The Balaban J connectivity index is 1.60. The SMILES string of the molecule is CC(=O)c1ccc(C(=O)NCCc2nnc3ccccn23)s1. The standard InChI is InChI=1S/C15H14N4O2S/c1-10(20)11-5-6-12(22-11)15(21)16-8-7-14-18-17-13-4-2-3-9-19(13)14/h2-6,9H,7-8H2,1H3,(H,16,21). The van der Waals surface area contributed by atoms with E-state index < -0.39 is 0 Å². The average Bonchev–Trinajstić information content (AvgIpc) is 3.14. The molecular formula is C15H14N4O2S. The summed E-state index contributed by atoms with van der Waals surface area (Å²) < 4.78 is 1.89. The molecule has 7 heteroatoms. The topological polar surface area (TPSA) is 76.4 Å². The number of rotatable bonds is 5. The van der Waals surface area contributed by atoms with Gasteiger partial charge in [0.25, 0.3) is 5.91 Å². The van der Waals surface area contributed by atoms with E-state index in [4.69, 9.17) is 0 Å². The average molecular weight is 314 g/mol. The molecule has 112 valence electrons. The zero-order chi connectivity index (χ0) is 15.5. The molecule has 0 radical (unpaired) electrons. The molecular weight excluding hydrogens is 300 g/mol. The number of hydrogen-bond acceptors (Lipinski definition) is 5. The monoisotopic (exact) mass is 314 g/mol. The number of aromatic nitrogens is 3. The maximum Gasteiger partial charge on any atom is 0.261 e. The van der Waals surface area contributed by atoms with E-state index >= 15 is 0 Å². The zero-order valence-electron chi connectivity index (χ0n) is 11.9. The second-order valence-electron chi connectivity index (χ2n) is 4.77. The van der Waals surface area contributed by atoms with Gasteiger partial charge in [0, 0.05) is 19.2 Å². The van der Waals surface area contributed by atoms with Gasteiger partial charge in [-0.2, -0.15) is 0 Å². The van der Waals surface area contributed by atoms with Gasteiger partial charge in [0.05, 0.1) is 9.75 Å². The van der Waals surface area contributed by atoms with Crippen LogP contribution in [0.2, 0.25) is 0 Å². The Bertz CT molecular complexity index is 837. The molecule has 0 saturated carbocycles. The molecule has 6 nitrogen and oxygen atoms in total. The number of pyridine rings is 1. The van der Waals surface area contributed by atoms with Gasteiger partial charge in [0.1, 0.15) is 5.82 Å². The highest BCUT2D eigenvalue weighted by Gasteiger charge is 2.11. The van der Waals surface area contributed by atoms with Crippen LogP contribution in [0, 0.1) is 0 Å². The maximum atomic E-state index is 12.0. The molecule has 0 atom stereocenters. The van der Waals surface area contributed by atoms with E-state index in [1.54, 1.807) is 12.1 Å². The molecule has 0 aliphatic heterocycles. The Morgan fingerprint density at radius 1 is 1.18 bits per heavy atom. The zero-order valence-corrected chi connectivity index (χ0v) is 12.8. The van der Waals surface area contributed by atoms with Gasteiger partial charge in [-0.05, 0) is 31.2 Å². The molecule has 3 heterocycles. The lowest BCUT2D eigenvalue weighted by Gasteiger charge is -2.02. The number of Topliss-reactive ketones (excluding diaryl/α,β-unsaturated/α-hetero) is 1. The van der Waals surface area contributed by atoms with Gasteiger partial charge in [0.2, 0.25) is 0 Å². The summed E-state index contributed by atoms with van der Waals surface area (Å²) in [4.78, 5) is 24.4. The highest BCUT2D eigenvalue weighted by Crippen LogP contribution is 2.16. The molecule has 0 saturated heterocycles. The third-order valence-corrected chi connectivity index (χ3v) is 4.38. The fourth-order valence-electron chi connectivity index (χ4n) is 2.09. The molecule has 0 bridgehead atoms. The van der Waals surface area contributed by atoms with Crippen molar-refractivity contribution in [3.8, 4) is 0 Å². The van der Waals surface area contributed by atoms with Crippen molar-refractivity contribution in [2.24, 2.45) is 0 Å². The van der Waals surface area contributed by atoms with Crippen LogP contribution in [0.1, 0.15) is 32.1 Å². The number of amides is 1. The van der Waals surface area contributed by atoms with Gasteiger partial charge in [0.15, 0.2) is 11.4 Å². The van der Waals surface area contributed by atoms with E-state index in [1.807, 2.05) is 28.8 Å². The van der Waals surface area contributed by atoms with E-state index in [0.29, 0.717) is 22.7 Å². The first-order chi connectivity index (χ1) is 10.6. The second kappa shape index (κ2) is 6.07. The molecule has 0 aromatic carbocycles. The number of carbonyl (C=O) groups excluding carboxylic acids is 2. The molecule has 22 heavy (non-hydrogen) atoms. The fraction of sp³-hybridized carbons (Fsp3) is 0.200. The summed E-state index contributed by atoms with van der Waals surface area (Å²) in [6, 6.07) is 9.04. The van der Waals surface area contributed by atoms with Gasteiger partial charge in [-0.1, -0.05) is 6.07 Å². The first-order valence-corrected chi connectivity index (χ1v) is 7.64. The molecule has 3 rings (SSSR count). The van der Waals surface area contributed by atoms with Gasteiger partial charge in [-0.25, -0.2) is 0 Å². The van der Waals surface area contributed by atoms with E-state index in [9.17, 15) is 9.59 Å². The smallest absolute Gasteiger partial charge is 0.261 e. The molecule has 0 spiro atoms. The van der Waals surface area contributed by atoms with E-state index in [0.717, 1.165) is 11.5 Å². The van der Waals surface area contributed by atoms with Crippen LogP contribution >= 0.6 is 11.3 Å². The quantitative estimate of drug-likeness (QED) is 0.730.